The first kappa shape index (κ1) is 10.8. The SMILES string of the molecule is NCc1ncc(N)c(C(F)F)c1CO. The minimum absolute atomic E-state index is 0.00407. The first-order chi connectivity index (χ1) is 6.61. The van der Waals surface area contributed by atoms with Gasteiger partial charge in [0, 0.05) is 17.7 Å². The molecule has 1 aromatic rings. The molecule has 6 heteroatoms. The molecule has 0 radical (unpaired) electrons. The van der Waals surface area contributed by atoms with Crippen molar-refractivity contribution in [3.8, 4) is 0 Å². The first-order valence-corrected chi connectivity index (χ1v) is 3.97. The molecule has 1 aromatic heterocycles. The summed E-state index contributed by atoms with van der Waals surface area (Å²) in [7, 11) is 0. The zero-order valence-electron chi connectivity index (χ0n) is 7.37. The van der Waals surface area contributed by atoms with E-state index in [1.54, 1.807) is 0 Å². The van der Waals surface area contributed by atoms with Crippen molar-refractivity contribution in [2.45, 2.75) is 19.6 Å². The van der Waals surface area contributed by atoms with Crippen molar-refractivity contribution in [1.82, 2.24) is 4.98 Å². The topological polar surface area (TPSA) is 85.2 Å². The quantitative estimate of drug-likeness (QED) is 0.669. The third-order valence-electron chi connectivity index (χ3n) is 1.91. The number of nitrogens with zero attached hydrogens (tertiary/aromatic N) is 1. The molecule has 5 N–H and O–H groups in total. The van der Waals surface area contributed by atoms with Crippen molar-refractivity contribution in [1.29, 1.82) is 0 Å². The highest BCUT2D eigenvalue weighted by Gasteiger charge is 2.19. The molecule has 0 aliphatic carbocycles. The molecule has 0 spiro atoms. The van der Waals surface area contributed by atoms with E-state index in [0.29, 0.717) is 0 Å². The number of hydrogen-bond donors (Lipinski definition) is 3. The van der Waals surface area contributed by atoms with Crippen LogP contribution in [0.1, 0.15) is 23.2 Å². The standard InChI is InChI=1S/C8H11F2N3O/c9-8(10)7-4(3-14)6(1-11)13-2-5(7)12/h2,8,14H,1,3,11-12H2. The fraction of sp³-hybridized carbons (Fsp3) is 0.375. The summed E-state index contributed by atoms with van der Waals surface area (Å²) in [5, 5.41) is 8.92. The van der Waals surface area contributed by atoms with Crippen LogP contribution in [0.4, 0.5) is 14.5 Å². The predicted molar refractivity (Wildman–Crippen MR) is 47.4 cm³/mol. The van der Waals surface area contributed by atoms with Crippen LogP contribution < -0.4 is 11.5 Å². The molecular weight excluding hydrogens is 192 g/mol. The van der Waals surface area contributed by atoms with Crippen LogP contribution in [0.25, 0.3) is 0 Å². The molecule has 0 saturated heterocycles. The van der Waals surface area contributed by atoms with Gasteiger partial charge in [0.15, 0.2) is 0 Å². The maximum absolute atomic E-state index is 12.5. The molecule has 0 atom stereocenters. The number of aliphatic hydroxyl groups is 1. The van der Waals surface area contributed by atoms with Crippen LogP contribution in [0.2, 0.25) is 0 Å². The molecule has 0 amide bonds. The van der Waals surface area contributed by atoms with Crippen LogP contribution in [-0.4, -0.2) is 10.1 Å². The van der Waals surface area contributed by atoms with Crippen LogP contribution >= 0.6 is 0 Å². The lowest BCUT2D eigenvalue weighted by molar-refractivity contribution is 0.147. The molecule has 1 rings (SSSR count). The summed E-state index contributed by atoms with van der Waals surface area (Å²) in [4.78, 5) is 3.77. The molecule has 0 aliphatic rings. The first-order valence-electron chi connectivity index (χ1n) is 3.97. The zero-order valence-corrected chi connectivity index (χ0v) is 7.37. The average Bonchev–Trinajstić information content (AvgIpc) is 2.16. The second-order valence-corrected chi connectivity index (χ2v) is 2.72. The van der Waals surface area contributed by atoms with Gasteiger partial charge in [-0.1, -0.05) is 0 Å². The van der Waals surface area contributed by atoms with Gasteiger partial charge in [-0.25, -0.2) is 8.78 Å². The highest BCUT2D eigenvalue weighted by molar-refractivity contribution is 5.51. The van der Waals surface area contributed by atoms with Gasteiger partial charge in [0.2, 0.25) is 0 Å². The second kappa shape index (κ2) is 4.30. The maximum atomic E-state index is 12.5. The number of halogens is 2. The van der Waals surface area contributed by atoms with Gasteiger partial charge in [0.1, 0.15) is 0 Å². The monoisotopic (exact) mass is 203 g/mol. The van der Waals surface area contributed by atoms with Crippen LogP contribution in [0.5, 0.6) is 0 Å². The van der Waals surface area contributed by atoms with E-state index in [2.05, 4.69) is 4.98 Å². The smallest absolute Gasteiger partial charge is 0.266 e. The Morgan fingerprint density at radius 1 is 1.50 bits per heavy atom. The fourth-order valence-corrected chi connectivity index (χ4v) is 1.23. The molecule has 0 aromatic carbocycles. The van der Waals surface area contributed by atoms with Gasteiger partial charge in [0.05, 0.1) is 24.2 Å². The summed E-state index contributed by atoms with van der Waals surface area (Å²) in [5.74, 6) is 0. The summed E-state index contributed by atoms with van der Waals surface area (Å²) >= 11 is 0. The number of aromatic nitrogens is 1. The molecule has 0 bridgehead atoms. The van der Waals surface area contributed by atoms with Crippen LogP contribution in [0, 0.1) is 0 Å². The van der Waals surface area contributed by atoms with E-state index in [4.69, 9.17) is 16.6 Å². The maximum Gasteiger partial charge on any atom is 0.266 e. The number of nitrogen functional groups attached to an aromatic ring is 1. The molecule has 0 unspecified atom stereocenters. The van der Waals surface area contributed by atoms with Gasteiger partial charge in [-0.3, -0.25) is 4.98 Å². The normalized spacial score (nSPS) is 10.9. The Labute approximate surface area is 79.6 Å². The van der Waals surface area contributed by atoms with Crippen molar-refractivity contribution >= 4 is 5.69 Å². The minimum atomic E-state index is -2.73. The fourth-order valence-electron chi connectivity index (χ4n) is 1.23. The van der Waals surface area contributed by atoms with E-state index in [9.17, 15) is 8.78 Å². The summed E-state index contributed by atoms with van der Waals surface area (Å²) < 4.78 is 25.1. The third-order valence-corrected chi connectivity index (χ3v) is 1.91. The van der Waals surface area contributed by atoms with Crippen molar-refractivity contribution in [3.05, 3.63) is 23.0 Å². The Morgan fingerprint density at radius 3 is 2.57 bits per heavy atom. The number of rotatable bonds is 3. The molecule has 0 saturated carbocycles. The van der Waals surface area contributed by atoms with Crippen molar-refractivity contribution in [2.24, 2.45) is 5.73 Å². The molecular formula is C8H11F2N3O. The van der Waals surface area contributed by atoms with E-state index in [1.807, 2.05) is 0 Å². The minimum Gasteiger partial charge on any atom is -0.397 e. The molecule has 0 aliphatic heterocycles. The van der Waals surface area contributed by atoms with E-state index >= 15 is 0 Å². The van der Waals surface area contributed by atoms with Crippen molar-refractivity contribution in [2.75, 3.05) is 5.73 Å². The van der Waals surface area contributed by atoms with Gasteiger partial charge in [-0.2, -0.15) is 0 Å². The van der Waals surface area contributed by atoms with Crippen molar-refractivity contribution in [3.63, 3.8) is 0 Å². The van der Waals surface area contributed by atoms with Crippen LogP contribution in [0.3, 0.4) is 0 Å². The number of hydrogen-bond acceptors (Lipinski definition) is 4. The lowest BCUT2D eigenvalue weighted by atomic mass is 10.1. The van der Waals surface area contributed by atoms with Gasteiger partial charge >= 0.3 is 0 Å². The lowest BCUT2D eigenvalue weighted by Crippen LogP contribution is -2.10. The number of alkyl halides is 2. The Hall–Kier alpha value is -1.27. The number of nitrogens with two attached hydrogens (primary N) is 2. The van der Waals surface area contributed by atoms with Gasteiger partial charge in [-0.15, -0.1) is 0 Å². The third kappa shape index (κ3) is 1.80. The summed E-state index contributed by atoms with van der Waals surface area (Å²) in [5.41, 5.74) is 10.4. The summed E-state index contributed by atoms with van der Waals surface area (Å²) in [6.45, 7) is -0.542. The van der Waals surface area contributed by atoms with Gasteiger partial charge in [0.25, 0.3) is 6.43 Å². The average molecular weight is 203 g/mol. The van der Waals surface area contributed by atoms with Crippen LogP contribution in [-0.2, 0) is 13.2 Å². The number of anilines is 1. The van der Waals surface area contributed by atoms with Crippen LogP contribution in [0.15, 0.2) is 6.20 Å². The Kier molecular flexibility index (Phi) is 3.32. The largest absolute Gasteiger partial charge is 0.397 e. The summed E-state index contributed by atoms with van der Waals surface area (Å²) in [6, 6.07) is 0. The van der Waals surface area contributed by atoms with Crippen molar-refractivity contribution < 1.29 is 13.9 Å². The van der Waals surface area contributed by atoms with E-state index in [1.165, 1.54) is 0 Å². The van der Waals surface area contributed by atoms with Gasteiger partial charge < -0.3 is 16.6 Å². The molecule has 78 valence electrons. The molecule has 4 nitrogen and oxygen atoms in total. The van der Waals surface area contributed by atoms with E-state index in [-0.39, 0.29) is 29.1 Å². The molecule has 14 heavy (non-hydrogen) atoms. The van der Waals surface area contributed by atoms with Gasteiger partial charge in [-0.05, 0) is 0 Å². The highest BCUT2D eigenvalue weighted by Crippen LogP contribution is 2.29. The Balaban J connectivity index is 3.35. The molecule has 0 fully saturated rings. The Bertz CT molecular complexity index is 331. The summed E-state index contributed by atoms with van der Waals surface area (Å²) in [6.07, 6.45) is -1.60. The second-order valence-electron chi connectivity index (χ2n) is 2.72. The number of pyridine rings is 1. The lowest BCUT2D eigenvalue weighted by Gasteiger charge is -2.12. The van der Waals surface area contributed by atoms with E-state index in [0.717, 1.165) is 6.20 Å². The predicted octanol–water partition coefficient (Wildman–Crippen LogP) is 0.552. The Morgan fingerprint density at radius 2 is 2.14 bits per heavy atom. The number of aliphatic hydroxyl groups excluding tert-OH is 1. The highest BCUT2D eigenvalue weighted by atomic mass is 19.3. The van der Waals surface area contributed by atoms with E-state index < -0.39 is 13.0 Å². The zero-order chi connectivity index (χ0) is 10.7. The molecule has 1 heterocycles.